The molecule has 0 amide bonds. The minimum Gasteiger partial charge on any atom is -0.497 e. The van der Waals surface area contributed by atoms with Gasteiger partial charge >= 0.3 is 0 Å². The summed E-state index contributed by atoms with van der Waals surface area (Å²) in [6.45, 7) is 3.29. The van der Waals surface area contributed by atoms with Crippen LogP contribution in [0.2, 0.25) is 0 Å². The highest BCUT2D eigenvalue weighted by atomic mass is 16.5. The molecule has 166 valence electrons. The third-order valence-electron chi connectivity index (χ3n) is 5.60. The van der Waals surface area contributed by atoms with E-state index in [1.54, 1.807) is 20.4 Å². The Bertz CT molecular complexity index is 1010. The Hall–Kier alpha value is -3.38. The van der Waals surface area contributed by atoms with Crippen LogP contribution in [0.4, 0.5) is 0 Å². The second-order valence-electron chi connectivity index (χ2n) is 7.69. The monoisotopic (exact) mass is 431 g/mol. The van der Waals surface area contributed by atoms with E-state index in [1.807, 2.05) is 30.5 Å². The van der Waals surface area contributed by atoms with E-state index in [9.17, 15) is 0 Å². The number of nitrogens with zero attached hydrogens (tertiary/aromatic N) is 3. The number of methoxy groups -OCH3 is 2. The maximum Gasteiger partial charge on any atom is 0.123 e. The lowest BCUT2D eigenvalue weighted by Gasteiger charge is -2.31. The fraction of sp³-hybridized carbons (Fsp3) is 0.308. The van der Waals surface area contributed by atoms with Gasteiger partial charge in [-0.3, -0.25) is 0 Å². The van der Waals surface area contributed by atoms with Crippen molar-refractivity contribution >= 4 is 18.5 Å². The van der Waals surface area contributed by atoms with Crippen LogP contribution in [0.5, 0.6) is 11.5 Å². The summed E-state index contributed by atoms with van der Waals surface area (Å²) in [6, 6.07) is 16.1. The van der Waals surface area contributed by atoms with E-state index >= 15 is 0 Å². The van der Waals surface area contributed by atoms with E-state index in [-0.39, 0.29) is 0 Å². The molecule has 0 N–H and O–H groups in total. The van der Waals surface area contributed by atoms with Crippen LogP contribution < -0.4 is 9.47 Å². The molecule has 2 aliphatic rings. The maximum absolute atomic E-state index is 5.57. The smallest absolute Gasteiger partial charge is 0.123 e. The Balaban J connectivity index is 1.58. The largest absolute Gasteiger partial charge is 0.497 e. The maximum atomic E-state index is 5.57. The van der Waals surface area contributed by atoms with Crippen molar-refractivity contribution in [3.8, 4) is 11.5 Å². The van der Waals surface area contributed by atoms with Gasteiger partial charge in [-0.05, 0) is 47.8 Å². The first-order valence-corrected chi connectivity index (χ1v) is 10.9. The van der Waals surface area contributed by atoms with Gasteiger partial charge in [0.05, 0.1) is 39.9 Å². The molecule has 4 rings (SSSR count). The Morgan fingerprint density at radius 3 is 2.22 bits per heavy atom. The zero-order valence-electron chi connectivity index (χ0n) is 18.7. The zero-order chi connectivity index (χ0) is 22.2. The van der Waals surface area contributed by atoms with Gasteiger partial charge in [-0.15, -0.1) is 0 Å². The molecule has 6 heteroatoms. The Kier molecular flexibility index (Phi) is 7.35. The molecule has 2 aromatic rings. The van der Waals surface area contributed by atoms with Crippen molar-refractivity contribution < 1.29 is 14.2 Å². The molecule has 0 bridgehead atoms. The fourth-order valence-electron chi connectivity index (χ4n) is 4.03. The molecular formula is C26H29N3O3. The molecule has 1 aliphatic heterocycles. The van der Waals surface area contributed by atoms with Gasteiger partial charge in [-0.25, -0.2) is 0 Å². The predicted octanol–water partition coefficient (Wildman–Crippen LogP) is 4.57. The van der Waals surface area contributed by atoms with Crippen LogP contribution in [-0.2, 0) is 4.74 Å². The molecule has 0 aromatic heterocycles. The van der Waals surface area contributed by atoms with Crippen LogP contribution in [0.1, 0.15) is 24.0 Å². The lowest BCUT2D eigenvalue weighted by Crippen LogP contribution is -2.36. The van der Waals surface area contributed by atoms with E-state index in [4.69, 9.17) is 14.2 Å². The summed E-state index contributed by atoms with van der Waals surface area (Å²) < 4.78 is 16.2. The van der Waals surface area contributed by atoms with Crippen molar-refractivity contribution in [2.75, 3.05) is 40.5 Å². The summed E-state index contributed by atoms with van der Waals surface area (Å²) in [5.41, 5.74) is 5.93. The Labute approximate surface area is 189 Å². The van der Waals surface area contributed by atoms with Gasteiger partial charge in [0.2, 0.25) is 0 Å². The summed E-state index contributed by atoms with van der Waals surface area (Å²) in [6.07, 6.45) is 7.85. The zero-order valence-corrected chi connectivity index (χ0v) is 18.7. The summed E-state index contributed by atoms with van der Waals surface area (Å²) in [5.74, 6) is 1.44. The normalized spacial score (nSPS) is 18.3. The first-order chi connectivity index (χ1) is 15.8. The van der Waals surface area contributed by atoms with Gasteiger partial charge in [-0.1, -0.05) is 30.3 Å². The van der Waals surface area contributed by atoms with Crippen LogP contribution in [-0.4, -0.2) is 57.9 Å². The SMILES string of the molecule is COc1cc(C=NN=CC2=C(N3CCOCC3)C(=Cc3ccccc3)CC2)cc(OC)c1. The van der Waals surface area contributed by atoms with Crippen molar-refractivity contribution in [3.63, 3.8) is 0 Å². The Morgan fingerprint density at radius 2 is 1.53 bits per heavy atom. The highest BCUT2D eigenvalue weighted by molar-refractivity contribution is 5.85. The van der Waals surface area contributed by atoms with E-state index in [2.05, 4.69) is 45.4 Å². The number of benzene rings is 2. The predicted molar refractivity (Wildman–Crippen MR) is 129 cm³/mol. The molecular weight excluding hydrogens is 402 g/mol. The molecule has 0 radical (unpaired) electrons. The number of morpholine rings is 1. The second kappa shape index (κ2) is 10.8. The van der Waals surface area contributed by atoms with Crippen LogP contribution in [0.25, 0.3) is 6.08 Å². The molecule has 0 atom stereocenters. The van der Waals surface area contributed by atoms with Gasteiger partial charge in [0.1, 0.15) is 11.5 Å². The standard InChI is InChI=1S/C26H29N3O3/c1-30-24-15-21(16-25(17-24)31-2)18-27-28-19-23-9-8-22(14-20-6-4-3-5-7-20)26(23)29-10-12-32-13-11-29/h3-7,14-19H,8-13H2,1-2H3. The highest BCUT2D eigenvalue weighted by Crippen LogP contribution is 2.35. The number of hydrogen-bond acceptors (Lipinski definition) is 6. The first kappa shape index (κ1) is 21.8. The van der Waals surface area contributed by atoms with Crippen LogP contribution >= 0.6 is 0 Å². The summed E-state index contributed by atoms with van der Waals surface area (Å²) in [4.78, 5) is 2.42. The Morgan fingerprint density at radius 1 is 0.844 bits per heavy atom. The molecule has 2 aromatic carbocycles. The minimum atomic E-state index is 0.721. The van der Waals surface area contributed by atoms with E-state index < -0.39 is 0 Å². The summed E-state index contributed by atoms with van der Waals surface area (Å²) in [7, 11) is 3.27. The van der Waals surface area contributed by atoms with Crippen LogP contribution in [0.15, 0.2) is 75.6 Å². The molecule has 0 unspecified atom stereocenters. The molecule has 6 nitrogen and oxygen atoms in total. The van der Waals surface area contributed by atoms with Crippen LogP contribution in [0.3, 0.4) is 0 Å². The van der Waals surface area contributed by atoms with Crippen molar-refractivity contribution in [1.82, 2.24) is 4.90 Å². The molecule has 1 heterocycles. The summed E-state index contributed by atoms with van der Waals surface area (Å²) in [5, 5.41) is 8.65. The van der Waals surface area contributed by atoms with E-state index in [1.165, 1.54) is 22.4 Å². The number of rotatable bonds is 7. The second-order valence-corrected chi connectivity index (χ2v) is 7.69. The van der Waals surface area contributed by atoms with E-state index in [0.29, 0.717) is 0 Å². The first-order valence-electron chi connectivity index (χ1n) is 10.9. The van der Waals surface area contributed by atoms with Gasteiger partial charge in [0.15, 0.2) is 0 Å². The van der Waals surface area contributed by atoms with Crippen LogP contribution in [0, 0.1) is 0 Å². The van der Waals surface area contributed by atoms with E-state index in [0.717, 1.165) is 56.2 Å². The van der Waals surface area contributed by atoms with Crippen molar-refractivity contribution in [1.29, 1.82) is 0 Å². The molecule has 0 spiro atoms. The third-order valence-corrected chi connectivity index (χ3v) is 5.60. The highest BCUT2D eigenvalue weighted by Gasteiger charge is 2.25. The topological polar surface area (TPSA) is 55.7 Å². The average Bonchev–Trinajstić information content (AvgIpc) is 3.24. The van der Waals surface area contributed by atoms with Gasteiger partial charge in [0, 0.05) is 30.4 Å². The van der Waals surface area contributed by atoms with Gasteiger partial charge in [-0.2, -0.15) is 10.2 Å². The molecule has 1 aliphatic carbocycles. The molecule has 0 saturated carbocycles. The minimum absolute atomic E-state index is 0.721. The number of hydrogen-bond donors (Lipinski definition) is 0. The molecule has 1 saturated heterocycles. The fourth-order valence-corrected chi connectivity index (χ4v) is 4.03. The van der Waals surface area contributed by atoms with Gasteiger partial charge in [0.25, 0.3) is 0 Å². The number of ether oxygens (including phenoxy) is 3. The average molecular weight is 432 g/mol. The molecule has 32 heavy (non-hydrogen) atoms. The molecule has 1 fully saturated rings. The van der Waals surface area contributed by atoms with Crippen molar-refractivity contribution in [2.24, 2.45) is 10.2 Å². The number of allylic oxidation sites excluding steroid dienone is 2. The van der Waals surface area contributed by atoms with Crippen molar-refractivity contribution in [2.45, 2.75) is 12.8 Å². The van der Waals surface area contributed by atoms with Gasteiger partial charge < -0.3 is 19.1 Å². The lowest BCUT2D eigenvalue weighted by atomic mass is 10.1. The summed E-state index contributed by atoms with van der Waals surface area (Å²) >= 11 is 0. The van der Waals surface area contributed by atoms with Crippen molar-refractivity contribution in [3.05, 3.63) is 76.5 Å². The third kappa shape index (κ3) is 5.45. The quantitative estimate of drug-likeness (QED) is 0.476. The lowest BCUT2D eigenvalue weighted by molar-refractivity contribution is 0.0548.